The molecule has 0 fully saturated rings. The summed E-state index contributed by atoms with van der Waals surface area (Å²) in [6.07, 6.45) is 2.69. The average molecular weight is 299 g/mol. The monoisotopic (exact) mass is 299 g/mol. The topological polar surface area (TPSA) is 107 Å². The molecule has 3 N–H and O–H groups in total. The van der Waals surface area contributed by atoms with Crippen molar-refractivity contribution in [3.63, 3.8) is 0 Å². The summed E-state index contributed by atoms with van der Waals surface area (Å²) in [4.78, 5) is 35.3. The predicted octanol–water partition coefficient (Wildman–Crippen LogP) is 1.13. The van der Waals surface area contributed by atoms with Gasteiger partial charge in [0.2, 0.25) is 0 Å². The van der Waals surface area contributed by atoms with Gasteiger partial charge in [0.05, 0.1) is 6.61 Å². The zero-order valence-electron chi connectivity index (χ0n) is 12.3. The molecule has 0 radical (unpaired) electrons. The molecule has 0 heterocycles. The number of nitrogens with zero attached hydrogens (tertiary/aromatic N) is 1. The molecule has 0 aliphatic carbocycles. The second-order valence-corrected chi connectivity index (χ2v) is 5.59. The smallest absolute Gasteiger partial charge is 0.464 e. The second kappa shape index (κ2) is 9.44. The van der Waals surface area contributed by atoms with Crippen LogP contribution in [0.15, 0.2) is 0 Å². The summed E-state index contributed by atoms with van der Waals surface area (Å²) in [5, 5.41) is 0. The van der Waals surface area contributed by atoms with E-state index in [2.05, 4.69) is 6.92 Å². The minimum absolute atomic E-state index is 0.105. The van der Waals surface area contributed by atoms with Gasteiger partial charge in [-0.05, 0) is 33.9 Å². The van der Waals surface area contributed by atoms with Crippen molar-refractivity contribution in [2.24, 2.45) is 0 Å². The van der Waals surface area contributed by atoms with Crippen molar-refractivity contribution < 1.29 is 28.8 Å². The molecule has 0 saturated carbocycles. The van der Waals surface area contributed by atoms with E-state index in [0.717, 1.165) is 19.3 Å². The number of carbonyl (C=O) groups is 1. The van der Waals surface area contributed by atoms with Gasteiger partial charge in [-0.15, -0.1) is 0 Å². The first kappa shape index (κ1) is 20.8. The van der Waals surface area contributed by atoms with E-state index >= 15 is 0 Å². The maximum atomic E-state index is 11.8. The SMILES string of the molecule is CCCOC(=O)C(C)(CCC)N(C)C.O=P(O)(O)O. The van der Waals surface area contributed by atoms with Crippen LogP contribution in [0.4, 0.5) is 0 Å². The number of rotatable bonds is 6. The Hall–Kier alpha value is -0.460. The molecule has 0 spiro atoms. The molecule has 19 heavy (non-hydrogen) atoms. The Kier molecular flexibility index (Phi) is 10.4. The van der Waals surface area contributed by atoms with Gasteiger partial charge in [-0.1, -0.05) is 20.3 Å². The molecular weight excluding hydrogens is 273 g/mol. The van der Waals surface area contributed by atoms with Gasteiger partial charge in [-0.2, -0.15) is 0 Å². The maximum Gasteiger partial charge on any atom is 0.466 e. The molecule has 1 atom stereocenters. The highest BCUT2D eigenvalue weighted by Crippen LogP contribution is 2.25. The molecule has 0 aromatic rings. The van der Waals surface area contributed by atoms with Crippen molar-refractivity contribution in [2.45, 2.75) is 45.6 Å². The van der Waals surface area contributed by atoms with E-state index in [1.807, 2.05) is 32.8 Å². The molecule has 0 amide bonds. The molecule has 0 bridgehead atoms. The molecule has 0 saturated heterocycles. The number of hydrogen-bond acceptors (Lipinski definition) is 4. The molecule has 0 rings (SSSR count). The Balaban J connectivity index is 0. The first-order valence-electron chi connectivity index (χ1n) is 6.12. The van der Waals surface area contributed by atoms with E-state index in [0.29, 0.717) is 6.61 Å². The van der Waals surface area contributed by atoms with Gasteiger partial charge in [0.25, 0.3) is 0 Å². The molecule has 116 valence electrons. The van der Waals surface area contributed by atoms with Gasteiger partial charge in [0.1, 0.15) is 5.54 Å². The molecule has 0 aliphatic rings. The number of esters is 1. The second-order valence-electron chi connectivity index (χ2n) is 4.57. The average Bonchev–Trinajstić information content (AvgIpc) is 2.23. The minimum atomic E-state index is -4.64. The lowest BCUT2D eigenvalue weighted by molar-refractivity contribution is -0.156. The number of likely N-dealkylation sites (N-methyl/N-ethyl adjacent to an activating group) is 1. The number of hydrogen-bond donors (Lipinski definition) is 3. The summed E-state index contributed by atoms with van der Waals surface area (Å²) >= 11 is 0. The van der Waals surface area contributed by atoms with Gasteiger partial charge in [-0.25, -0.2) is 4.57 Å². The summed E-state index contributed by atoms with van der Waals surface area (Å²) in [6, 6.07) is 0. The Morgan fingerprint density at radius 1 is 1.21 bits per heavy atom. The fraction of sp³-hybridized carbons (Fsp3) is 0.909. The van der Waals surface area contributed by atoms with Crippen LogP contribution in [0.5, 0.6) is 0 Å². The van der Waals surface area contributed by atoms with Gasteiger partial charge >= 0.3 is 13.8 Å². The van der Waals surface area contributed by atoms with E-state index in [4.69, 9.17) is 24.0 Å². The number of ether oxygens (including phenoxy) is 1. The molecule has 7 nitrogen and oxygen atoms in total. The number of carbonyl (C=O) groups excluding carboxylic acids is 1. The summed E-state index contributed by atoms with van der Waals surface area (Å²) < 4.78 is 14.1. The number of phosphoric acid groups is 1. The van der Waals surface area contributed by atoms with E-state index in [-0.39, 0.29) is 5.97 Å². The van der Waals surface area contributed by atoms with Crippen LogP contribution in [0.1, 0.15) is 40.0 Å². The Morgan fingerprint density at radius 2 is 1.63 bits per heavy atom. The Labute approximate surface area is 114 Å². The fourth-order valence-electron chi connectivity index (χ4n) is 1.35. The molecule has 8 heteroatoms. The third-order valence-electron chi connectivity index (χ3n) is 2.60. The summed E-state index contributed by atoms with van der Waals surface area (Å²) in [7, 11) is -0.800. The van der Waals surface area contributed by atoms with Crippen LogP contribution in [0.25, 0.3) is 0 Å². The highest BCUT2D eigenvalue weighted by Gasteiger charge is 2.35. The third kappa shape index (κ3) is 11.1. The first-order valence-corrected chi connectivity index (χ1v) is 7.68. The van der Waals surface area contributed by atoms with Crippen LogP contribution < -0.4 is 0 Å². The molecule has 0 aliphatic heterocycles. The summed E-state index contributed by atoms with van der Waals surface area (Å²) in [5.74, 6) is -0.105. The van der Waals surface area contributed by atoms with Gasteiger partial charge in [-0.3, -0.25) is 9.69 Å². The standard InChI is InChI=1S/C11H23NO2.H3O4P/c1-6-8-11(3,12(4)5)10(13)14-9-7-2;1-5(2,3)4/h6-9H2,1-5H3;(H3,1,2,3,4). The maximum absolute atomic E-state index is 11.8. The zero-order chi connectivity index (χ0) is 15.7. The van der Waals surface area contributed by atoms with Crippen molar-refractivity contribution in [2.75, 3.05) is 20.7 Å². The lowest BCUT2D eigenvalue weighted by Gasteiger charge is -2.33. The van der Waals surface area contributed by atoms with Crippen LogP contribution in [0.2, 0.25) is 0 Å². The fourth-order valence-corrected chi connectivity index (χ4v) is 1.35. The van der Waals surface area contributed by atoms with Crippen LogP contribution in [-0.4, -0.2) is 51.8 Å². The van der Waals surface area contributed by atoms with E-state index in [1.165, 1.54) is 0 Å². The van der Waals surface area contributed by atoms with Crippen LogP contribution in [0, 0.1) is 0 Å². The Morgan fingerprint density at radius 3 is 1.89 bits per heavy atom. The quantitative estimate of drug-likeness (QED) is 0.498. The van der Waals surface area contributed by atoms with Crippen molar-refractivity contribution >= 4 is 13.8 Å². The lowest BCUT2D eigenvalue weighted by atomic mass is 9.95. The molecule has 1 unspecified atom stereocenters. The largest absolute Gasteiger partial charge is 0.466 e. The van der Waals surface area contributed by atoms with Gasteiger partial charge in [0, 0.05) is 0 Å². The van der Waals surface area contributed by atoms with E-state index < -0.39 is 13.4 Å². The van der Waals surface area contributed by atoms with Crippen LogP contribution in [0.3, 0.4) is 0 Å². The Bertz CT molecular complexity index is 295. The predicted molar refractivity (Wildman–Crippen MR) is 72.5 cm³/mol. The normalized spacial score (nSPS) is 14.4. The molecule has 0 aromatic heterocycles. The molecular formula is C11H26NO6P. The van der Waals surface area contributed by atoms with E-state index in [9.17, 15) is 4.79 Å². The van der Waals surface area contributed by atoms with Crippen molar-refractivity contribution in [3.05, 3.63) is 0 Å². The highest BCUT2D eigenvalue weighted by molar-refractivity contribution is 7.45. The summed E-state index contributed by atoms with van der Waals surface area (Å²) in [5.41, 5.74) is -0.468. The highest BCUT2D eigenvalue weighted by atomic mass is 31.2. The van der Waals surface area contributed by atoms with Crippen LogP contribution >= 0.6 is 7.82 Å². The molecule has 0 aromatic carbocycles. The van der Waals surface area contributed by atoms with Crippen molar-refractivity contribution in [1.82, 2.24) is 4.90 Å². The van der Waals surface area contributed by atoms with Crippen molar-refractivity contribution in [1.29, 1.82) is 0 Å². The first-order chi connectivity index (χ1) is 8.49. The van der Waals surface area contributed by atoms with Gasteiger partial charge < -0.3 is 19.4 Å². The van der Waals surface area contributed by atoms with Gasteiger partial charge in [0.15, 0.2) is 0 Å². The van der Waals surface area contributed by atoms with Crippen molar-refractivity contribution in [3.8, 4) is 0 Å². The zero-order valence-corrected chi connectivity index (χ0v) is 13.2. The van der Waals surface area contributed by atoms with E-state index in [1.54, 1.807) is 0 Å². The van der Waals surface area contributed by atoms with Crippen LogP contribution in [-0.2, 0) is 14.1 Å². The minimum Gasteiger partial charge on any atom is -0.464 e. The lowest BCUT2D eigenvalue weighted by Crippen LogP contribution is -2.49. The third-order valence-corrected chi connectivity index (χ3v) is 2.60. The summed E-state index contributed by atoms with van der Waals surface area (Å²) in [6.45, 7) is 6.54.